The number of imidazole rings is 1. The van der Waals surface area contributed by atoms with Gasteiger partial charge in [0.2, 0.25) is 5.95 Å². The van der Waals surface area contributed by atoms with Crippen LogP contribution in [0.1, 0.15) is 16.8 Å². The zero-order valence-corrected chi connectivity index (χ0v) is 17.5. The van der Waals surface area contributed by atoms with Crippen molar-refractivity contribution in [2.75, 3.05) is 18.5 Å². The summed E-state index contributed by atoms with van der Waals surface area (Å²) in [6, 6.07) is 22.1. The van der Waals surface area contributed by atoms with E-state index in [-0.39, 0.29) is 5.69 Å². The fourth-order valence-electron chi connectivity index (χ4n) is 3.43. The number of nitrogens with one attached hydrogen (secondary N) is 1. The molecule has 6 nitrogen and oxygen atoms in total. The van der Waals surface area contributed by atoms with Crippen LogP contribution in [0.15, 0.2) is 77.7 Å². The maximum Gasteiger partial charge on any atom is 0.326 e. The normalized spacial score (nSPS) is 11.6. The van der Waals surface area contributed by atoms with Crippen molar-refractivity contribution >= 4 is 18.6 Å². The van der Waals surface area contributed by atoms with Crippen molar-refractivity contribution < 1.29 is 0 Å². The van der Waals surface area contributed by atoms with Gasteiger partial charge in [-0.05, 0) is 29.7 Å². The number of rotatable bonds is 7. The van der Waals surface area contributed by atoms with Gasteiger partial charge in [0.05, 0.1) is 22.9 Å². The first-order chi connectivity index (χ1) is 15.1. The third-order valence-electron chi connectivity index (χ3n) is 5.16. The highest BCUT2D eigenvalue weighted by atomic mass is 16.1. The van der Waals surface area contributed by atoms with Crippen LogP contribution in [0.3, 0.4) is 0 Å². The summed E-state index contributed by atoms with van der Waals surface area (Å²) in [5.41, 5.74) is 2.86. The fourth-order valence-corrected chi connectivity index (χ4v) is 3.43. The summed E-state index contributed by atoms with van der Waals surface area (Å²) in [5, 5.41) is 1.28. The minimum atomic E-state index is -0.186. The lowest BCUT2D eigenvalue weighted by atomic mass is 10.1. The van der Waals surface area contributed by atoms with Crippen molar-refractivity contribution in [2.45, 2.75) is 13.0 Å². The summed E-state index contributed by atoms with van der Waals surface area (Å²) in [6.45, 7) is 5.27. The molecular weight excluding hydrogens is 386 g/mol. The Morgan fingerprint density at radius 2 is 1.71 bits per heavy atom. The van der Waals surface area contributed by atoms with Crippen LogP contribution in [0.5, 0.6) is 0 Å². The van der Waals surface area contributed by atoms with E-state index in [1.54, 1.807) is 10.8 Å². The smallest absolute Gasteiger partial charge is 0.326 e. The third-order valence-corrected chi connectivity index (χ3v) is 5.16. The van der Waals surface area contributed by atoms with E-state index in [0.29, 0.717) is 23.2 Å². The van der Waals surface area contributed by atoms with Gasteiger partial charge in [-0.25, -0.2) is 14.8 Å². The monoisotopic (exact) mass is 411 g/mol. The lowest BCUT2D eigenvalue weighted by molar-refractivity contribution is 0.740. The summed E-state index contributed by atoms with van der Waals surface area (Å²) in [5.74, 6) is 0.641. The molecular formula is C25H25N5O. The number of aromatic nitrogens is 4. The van der Waals surface area contributed by atoms with E-state index in [1.807, 2.05) is 72.6 Å². The second kappa shape index (κ2) is 9.26. The topological polar surface area (TPSA) is 66.8 Å². The zero-order chi connectivity index (χ0) is 21.6. The Balaban J connectivity index is 1.60. The number of benzene rings is 2. The molecule has 0 unspecified atom stereocenters. The van der Waals surface area contributed by atoms with Crippen LogP contribution < -0.4 is 21.3 Å². The minimum absolute atomic E-state index is 0.186. The van der Waals surface area contributed by atoms with Crippen molar-refractivity contribution in [3.05, 3.63) is 111 Å². The average Bonchev–Trinajstić information content (AvgIpc) is 3.06. The van der Waals surface area contributed by atoms with Crippen LogP contribution in [0.2, 0.25) is 0 Å². The quantitative estimate of drug-likeness (QED) is 0.505. The van der Waals surface area contributed by atoms with Gasteiger partial charge in [0, 0.05) is 19.8 Å². The van der Waals surface area contributed by atoms with Gasteiger partial charge in [-0.1, -0.05) is 67.2 Å². The number of likely N-dealkylation sites (N-methyl/N-ethyl adjacent to an activating group) is 1. The van der Waals surface area contributed by atoms with E-state index in [4.69, 9.17) is 0 Å². The van der Waals surface area contributed by atoms with E-state index in [2.05, 4.69) is 33.7 Å². The molecule has 0 atom stereocenters. The molecule has 0 aliphatic rings. The van der Waals surface area contributed by atoms with Gasteiger partial charge in [-0.15, -0.1) is 0 Å². The summed E-state index contributed by atoms with van der Waals surface area (Å²) in [4.78, 5) is 26.4. The minimum Gasteiger partial charge on any atom is -0.344 e. The molecule has 2 aromatic heterocycles. The first-order valence-corrected chi connectivity index (χ1v) is 10.2. The van der Waals surface area contributed by atoms with Gasteiger partial charge in [-0.3, -0.25) is 4.57 Å². The average molecular weight is 412 g/mol. The van der Waals surface area contributed by atoms with Crippen LogP contribution in [0.25, 0.3) is 12.7 Å². The van der Waals surface area contributed by atoms with Crippen LogP contribution in [0.4, 0.5) is 5.95 Å². The van der Waals surface area contributed by atoms with Gasteiger partial charge in [0.15, 0.2) is 0 Å². The molecule has 0 saturated heterocycles. The zero-order valence-electron chi connectivity index (χ0n) is 17.5. The number of H-pyrrole nitrogens is 1. The molecule has 0 aliphatic carbocycles. The second-order valence-electron chi connectivity index (χ2n) is 7.45. The van der Waals surface area contributed by atoms with Gasteiger partial charge >= 0.3 is 5.69 Å². The molecule has 0 radical (unpaired) electrons. The first-order valence-electron chi connectivity index (χ1n) is 10.2. The van der Waals surface area contributed by atoms with Crippen molar-refractivity contribution in [3.63, 3.8) is 0 Å². The lowest BCUT2D eigenvalue weighted by Gasteiger charge is -2.17. The largest absolute Gasteiger partial charge is 0.344 e. The fraction of sp³-hybridized carbons (Fsp3) is 0.160. The highest BCUT2D eigenvalue weighted by Crippen LogP contribution is 2.08. The Hall–Kier alpha value is -3.93. The first kappa shape index (κ1) is 20.3. The predicted octanol–water partition coefficient (Wildman–Crippen LogP) is 1.93. The number of anilines is 1. The molecule has 4 rings (SSSR count). The summed E-state index contributed by atoms with van der Waals surface area (Å²) in [7, 11) is 1.98. The molecule has 6 heteroatoms. The molecule has 156 valence electrons. The second-order valence-corrected chi connectivity index (χ2v) is 7.45. The molecule has 31 heavy (non-hydrogen) atoms. The van der Waals surface area contributed by atoms with E-state index in [0.717, 1.165) is 24.2 Å². The van der Waals surface area contributed by atoms with Crippen molar-refractivity contribution in [1.29, 1.82) is 0 Å². The van der Waals surface area contributed by atoms with Gasteiger partial charge in [0.1, 0.15) is 0 Å². The number of nitrogens with zero attached hydrogens (tertiary/aromatic N) is 4. The van der Waals surface area contributed by atoms with Crippen LogP contribution in [-0.2, 0) is 13.0 Å². The van der Waals surface area contributed by atoms with Crippen molar-refractivity contribution in [1.82, 2.24) is 19.5 Å². The molecule has 2 heterocycles. The number of hydrogen-bond acceptors (Lipinski definition) is 4. The van der Waals surface area contributed by atoms with Crippen molar-refractivity contribution in [3.8, 4) is 0 Å². The molecule has 0 aliphatic heterocycles. The lowest BCUT2D eigenvalue weighted by Crippen LogP contribution is -2.32. The third kappa shape index (κ3) is 4.98. The van der Waals surface area contributed by atoms with Gasteiger partial charge in [-0.2, -0.15) is 0 Å². The van der Waals surface area contributed by atoms with E-state index >= 15 is 0 Å². The Bertz CT molecular complexity index is 1310. The Labute approximate surface area is 180 Å². The molecule has 2 aromatic carbocycles. The Kier molecular flexibility index (Phi) is 6.08. The van der Waals surface area contributed by atoms with Crippen LogP contribution >= 0.6 is 0 Å². The van der Waals surface area contributed by atoms with E-state index < -0.39 is 0 Å². The van der Waals surface area contributed by atoms with E-state index in [1.165, 1.54) is 5.56 Å². The van der Waals surface area contributed by atoms with E-state index in [9.17, 15) is 4.79 Å². The highest BCUT2D eigenvalue weighted by molar-refractivity contribution is 5.46. The Morgan fingerprint density at radius 3 is 2.42 bits per heavy atom. The standard InChI is InChI=1S/C25H25N5O/c1-19-23(30(25(31)27-19)18-21-11-7-4-8-12-21)17-22-13-15-26-24(28-22)29(2)16-14-20-9-5-3-6-10-20/h3-13,15,17H,1,14,16,18H2,2H3,(H,27,31)/b23-17-. The maximum atomic E-state index is 12.5. The number of hydrogen-bond donors (Lipinski definition) is 1. The number of aromatic amines is 1. The highest BCUT2D eigenvalue weighted by Gasteiger charge is 2.07. The molecule has 0 bridgehead atoms. The molecule has 0 amide bonds. The van der Waals surface area contributed by atoms with Crippen LogP contribution in [0, 0.1) is 0 Å². The molecule has 1 N–H and O–H groups in total. The maximum absolute atomic E-state index is 12.5. The molecule has 0 spiro atoms. The summed E-state index contributed by atoms with van der Waals surface area (Å²) in [6.07, 6.45) is 4.52. The molecule has 4 aromatic rings. The van der Waals surface area contributed by atoms with Crippen LogP contribution in [-0.4, -0.2) is 33.1 Å². The molecule has 0 saturated carbocycles. The van der Waals surface area contributed by atoms with Crippen molar-refractivity contribution in [2.24, 2.45) is 0 Å². The Morgan fingerprint density at radius 1 is 1.03 bits per heavy atom. The molecule has 0 fully saturated rings. The summed E-state index contributed by atoms with van der Waals surface area (Å²) < 4.78 is 1.68. The van der Waals surface area contributed by atoms with Gasteiger partial charge < -0.3 is 9.88 Å². The predicted molar refractivity (Wildman–Crippen MR) is 124 cm³/mol. The SMILES string of the molecule is C=c1[nH]c(=O)n(Cc2ccccc2)/c1=C\c1ccnc(N(C)CCc2ccccc2)n1. The van der Waals surface area contributed by atoms with Gasteiger partial charge in [0.25, 0.3) is 0 Å². The summed E-state index contributed by atoms with van der Waals surface area (Å²) >= 11 is 0.